The molecule has 0 saturated carbocycles. The van der Waals surface area contributed by atoms with Gasteiger partial charge < -0.3 is 5.32 Å². The van der Waals surface area contributed by atoms with E-state index in [1.165, 1.54) is 6.07 Å². The van der Waals surface area contributed by atoms with Crippen molar-refractivity contribution in [2.75, 3.05) is 0 Å². The second-order valence-electron chi connectivity index (χ2n) is 4.67. The molecule has 0 aliphatic rings. The van der Waals surface area contributed by atoms with Crippen LogP contribution >= 0.6 is 34.5 Å². The Bertz CT molecular complexity index is 837. The van der Waals surface area contributed by atoms with Crippen LogP contribution in [0, 0.1) is 0 Å². The van der Waals surface area contributed by atoms with Gasteiger partial charge in [-0.2, -0.15) is 11.3 Å². The highest BCUT2D eigenvalue weighted by Gasteiger charge is 2.13. The molecule has 0 aliphatic heterocycles. The second kappa shape index (κ2) is 7.08. The number of halogens is 2. The molecule has 4 nitrogen and oxygen atoms in total. The lowest BCUT2D eigenvalue weighted by Crippen LogP contribution is -2.24. The summed E-state index contributed by atoms with van der Waals surface area (Å²) in [5.74, 6) is -0.284. The predicted molar refractivity (Wildman–Crippen MR) is 93.0 cm³/mol. The van der Waals surface area contributed by atoms with Gasteiger partial charge in [0.1, 0.15) is 0 Å². The maximum atomic E-state index is 12.3. The Morgan fingerprint density at radius 3 is 2.74 bits per heavy atom. The van der Waals surface area contributed by atoms with Crippen LogP contribution in [0.3, 0.4) is 0 Å². The summed E-state index contributed by atoms with van der Waals surface area (Å²) in [6.45, 7) is 0.261. The van der Waals surface area contributed by atoms with Crippen molar-refractivity contribution < 1.29 is 4.79 Å². The van der Waals surface area contributed by atoms with Gasteiger partial charge in [-0.15, -0.1) is 0 Å². The van der Waals surface area contributed by atoms with E-state index in [9.17, 15) is 4.79 Å². The number of carbonyl (C=O) groups is 1. The minimum absolute atomic E-state index is 0.261. The molecule has 1 N–H and O–H groups in total. The average Bonchev–Trinajstić information content (AvgIpc) is 3.07. The highest BCUT2D eigenvalue weighted by Crippen LogP contribution is 2.23. The van der Waals surface area contributed by atoms with Crippen LogP contribution in [0.25, 0.3) is 11.3 Å². The summed E-state index contributed by atoms with van der Waals surface area (Å²) < 4.78 is 0. The fraction of sp³-hybridized carbons (Fsp3) is 0.0625. The third-order valence-corrected chi connectivity index (χ3v) is 4.39. The number of hydrogen-bond acceptors (Lipinski definition) is 4. The molecule has 0 fully saturated rings. The Kier molecular flexibility index (Phi) is 4.91. The molecule has 3 aromatic rings. The molecule has 0 atom stereocenters. The topological polar surface area (TPSA) is 54.9 Å². The first-order valence-electron chi connectivity index (χ1n) is 6.71. The molecule has 1 aromatic carbocycles. The zero-order valence-electron chi connectivity index (χ0n) is 11.8. The number of carbonyl (C=O) groups excluding carboxylic acids is 1. The first-order valence-corrected chi connectivity index (χ1v) is 8.41. The molecule has 3 rings (SSSR count). The maximum Gasteiger partial charge on any atom is 0.253 e. The first-order chi connectivity index (χ1) is 11.1. The SMILES string of the molecule is O=C(NCc1nccnc1-c1ccsc1)c1ccc(Cl)cc1Cl. The van der Waals surface area contributed by atoms with Gasteiger partial charge >= 0.3 is 0 Å². The van der Waals surface area contributed by atoms with Crippen molar-refractivity contribution in [1.29, 1.82) is 0 Å². The van der Waals surface area contributed by atoms with Crippen LogP contribution in [0.4, 0.5) is 0 Å². The summed E-state index contributed by atoms with van der Waals surface area (Å²) in [5, 5.41) is 7.57. The highest BCUT2D eigenvalue weighted by molar-refractivity contribution is 7.08. The number of rotatable bonds is 4. The Labute approximate surface area is 147 Å². The van der Waals surface area contributed by atoms with E-state index in [1.54, 1.807) is 35.9 Å². The lowest BCUT2D eigenvalue weighted by atomic mass is 10.1. The Morgan fingerprint density at radius 1 is 1.17 bits per heavy atom. The molecule has 1 amide bonds. The number of hydrogen-bond donors (Lipinski definition) is 1. The molecule has 0 bridgehead atoms. The third-order valence-electron chi connectivity index (χ3n) is 3.16. The van der Waals surface area contributed by atoms with E-state index in [4.69, 9.17) is 23.2 Å². The van der Waals surface area contributed by atoms with Gasteiger partial charge in [0.05, 0.1) is 28.5 Å². The monoisotopic (exact) mass is 363 g/mol. The normalized spacial score (nSPS) is 10.5. The van der Waals surface area contributed by atoms with E-state index in [-0.39, 0.29) is 12.5 Å². The van der Waals surface area contributed by atoms with Crippen molar-refractivity contribution in [3.8, 4) is 11.3 Å². The van der Waals surface area contributed by atoms with E-state index in [0.717, 1.165) is 11.3 Å². The number of aromatic nitrogens is 2. The summed E-state index contributed by atoms with van der Waals surface area (Å²) >= 11 is 13.5. The maximum absolute atomic E-state index is 12.3. The van der Waals surface area contributed by atoms with Crippen LogP contribution in [-0.4, -0.2) is 15.9 Å². The van der Waals surface area contributed by atoms with Crippen LogP contribution < -0.4 is 5.32 Å². The molecule has 0 aliphatic carbocycles. The fourth-order valence-corrected chi connectivity index (χ4v) is 3.20. The molecule has 0 unspecified atom stereocenters. The number of benzene rings is 1. The first kappa shape index (κ1) is 15.9. The number of nitrogens with one attached hydrogen (secondary N) is 1. The average molecular weight is 364 g/mol. The van der Waals surface area contributed by atoms with Crippen LogP contribution in [0.5, 0.6) is 0 Å². The summed E-state index contributed by atoms with van der Waals surface area (Å²) in [4.78, 5) is 20.9. The van der Waals surface area contributed by atoms with Crippen molar-refractivity contribution in [2.24, 2.45) is 0 Å². The molecular weight excluding hydrogens is 353 g/mol. The van der Waals surface area contributed by atoms with E-state index < -0.39 is 0 Å². The summed E-state index contributed by atoms with van der Waals surface area (Å²) in [5.41, 5.74) is 2.81. The molecule has 23 heavy (non-hydrogen) atoms. The number of thiophene rings is 1. The Morgan fingerprint density at radius 2 is 2.00 bits per heavy atom. The summed E-state index contributed by atoms with van der Waals surface area (Å²) in [6, 6.07) is 6.73. The van der Waals surface area contributed by atoms with Crippen molar-refractivity contribution in [3.05, 3.63) is 68.7 Å². The van der Waals surface area contributed by atoms with Crippen LogP contribution in [0.2, 0.25) is 10.0 Å². The van der Waals surface area contributed by atoms with Gasteiger partial charge in [-0.05, 0) is 29.6 Å². The number of amides is 1. The van der Waals surface area contributed by atoms with Gasteiger partial charge in [-0.25, -0.2) is 0 Å². The third kappa shape index (κ3) is 3.69. The van der Waals surface area contributed by atoms with Gasteiger partial charge in [0.15, 0.2) is 0 Å². The van der Waals surface area contributed by atoms with Crippen LogP contribution in [-0.2, 0) is 6.54 Å². The highest BCUT2D eigenvalue weighted by atomic mass is 35.5. The van der Waals surface area contributed by atoms with Gasteiger partial charge in [-0.1, -0.05) is 23.2 Å². The van der Waals surface area contributed by atoms with Gasteiger partial charge in [0, 0.05) is 28.4 Å². The lowest BCUT2D eigenvalue weighted by Gasteiger charge is -2.09. The predicted octanol–water partition coefficient (Wildman–Crippen LogP) is 4.44. The molecule has 2 heterocycles. The van der Waals surface area contributed by atoms with Crippen molar-refractivity contribution >= 4 is 40.4 Å². The van der Waals surface area contributed by atoms with E-state index in [2.05, 4.69) is 15.3 Å². The largest absolute Gasteiger partial charge is 0.346 e. The van der Waals surface area contributed by atoms with Gasteiger partial charge in [0.25, 0.3) is 5.91 Å². The minimum Gasteiger partial charge on any atom is -0.346 e. The molecule has 7 heteroatoms. The Hall–Kier alpha value is -1.95. The van der Waals surface area contributed by atoms with Crippen molar-refractivity contribution in [1.82, 2.24) is 15.3 Å². The minimum atomic E-state index is -0.284. The Balaban J connectivity index is 1.77. The zero-order chi connectivity index (χ0) is 16.2. The van der Waals surface area contributed by atoms with Gasteiger partial charge in [0.2, 0.25) is 0 Å². The summed E-state index contributed by atoms with van der Waals surface area (Å²) in [6.07, 6.45) is 3.24. The fourth-order valence-electron chi connectivity index (χ4n) is 2.07. The van der Waals surface area contributed by atoms with E-state index in [1.807, 2.05) is 16.8 Å². The molecule has 116 valence electrons. The molecule has 2 aromatic heterocycles. The van der Waals surface area contributed by atoms with Crippen LogP contribution in [0.15, 0.2) is 47.4 Å². The molecule has 0 saturated heterocycles. The second-order valence-corrected chi connectivity index (χ2v) is 6.29. The number of nitrogens with zero attached hydrogens (tertiary/aromatic N) is 2. The smallest absolute Gasteiger partial charge is 0.253 e. The standard InChI is InChI=1S/C16H11Cl2N3OS/c17-11-1-2-12(13(18)7-11)16(22)21-8-14-15(20-5-4-19-14)10-3-6-23-9-10/h1-7,9H,8H2,(H,21,22). The quantitative estimate of drug-likeness (QED) is 0.745. The van der Waals surface area contributed by atoms with E-state index in [0.29, 0.717) is 21.3 Å². The van der Waals surface area contributed by atoms with Crippen LogP contribution in [0.1, 0.15) is 16.1 Å². The van der Waals surface area contributed by atoms with Crippen molar-refractivity contribution in [3.63, 3.8) is 0 Å². The lowest BCUT2D eigenvalue weighted by molar-refractivity contribution is 0.0950. The molecule has 0 spiro atoms. The summed E-state index contributed by atoms with van der Waals surface area (Å²) in [7, 11) is 0. The van der Waals surface area contributed by atoms with E-state index >= 15 is 0 Å². The molecule has 0 radical (unpaired) electrons. The van der Waals surface area contributed by atoms with Gasteiger partial charge in [-0.3, -0.25) is 14.8 Å². The zero-order valence-corrected chi connectivity index (χ0v) is 14.1. The van der Waals surface area contributed by atoms with Crippen molar-refractivity contribution in [2.45, 2.75) is 6.54 Å². The molecular formula is C16H11Cl2N3OS.